The van der Waals surface area contributed by atoms with E-state index in [-0.39, 0.29) is 17.7 Å². The number of aryl methyl sites for hydroxylation is 3. The van der Waals surface area contributed by atoms with Gasteiger partial charge in [0.2, 0.25) is 5.91 Å². The first-order chi connectivity index (χ1) is 8.41. The molecule has 1 atom stereocenters. The van der Waals surface area contributed by atoms with Gasteiger partial charge in [0.15, 0.2) is 5.65 Å². The third kappa shape index (κ3) is 2.08. The van der Waals surface area contributed by atoms with E-state index in [1.165, 1.54) is 0 Å². The Hall–Kier alpha value is -1.56. The number of aromatic nitrogens is 4. The molecule has 6 nitrogen and oxygen atoms in total. The van der Waals surface area contributed by atoms with E-state index in [1.807, 2.05) is 25.5 Å². The van der Waals surface area contributed by atoms with Crippen LogP contribution < -0.4 is 5.73 Å². The van der Waals surface area contributed by atoms with Gasteiger partial charge in [0.25, 0.3) is 0 Å². The van der Waals surface area contributed by atoms with E-state index in [4.69, 9.17) is 17.3 Å². The van der Waals surface area contributed by atoms with Crippen LogP contribution in [0.4, 0.5) is 0 Å². The Labute approximate surface area is 110 Å². The van der Waals surface area contributed by atoms with Gasteiger partial charge in [-0.25, -0.2) is 4.98 Å². The molecule has 0 bridgehead atoms. The summed E-state index contributed by atoms with van der Waals surface area (Å²) in [4.78, 5) is 15.4. The lowest BCUT2D eigenvalue weighted by Crippen LogP contribution is -2.16. The highest BCUT2D eigenvalue weighted by Gasteiger charge is 2.20. The van der Waals surface area contributed by atoms with Crippen molar-refractivity contribution in [1.82, 2.24) is 19.3 Å². The van der Waals surface area contributed by atoms with Crippen LogP contribution in [0.25, 0.3) is 11.2 Å². The fourth-order valence-corrected chi connectivity index (χ4v) is 2.26. The standard InChI is InChI=1S/C11H16ClN5O/c1-6(12)10-14-9-7(2)15-16(3)11(9)17(10)5-4-8(13)18/h6H,4-5H2,1-3H3,(H2,13,18). The van der Waals surface area contributed by atoms with Crippen molar-refractivity contribution in [2.45, 2.75) is 32.2 Å². The molecule has 2 heterocycles. The number of halogens is 1. The number of imidazole rings is 1. The van der Waals surface area contributed by atoms with E-state index in [2.05, 4.69) is 10.1 Å². The summed E-state index contributed by atoms with van der Waals surface area (Å²) in [6.07, 6.45) is 0.256. The second kappa shape index (κ2) is 4.61. The number of carbonyl (C=O) groups excluding carboxylic acids is 1. The molecular weight excluding hydrogens is 254 g/mol. The predicted molar refractivity (Wildman–Crippen MR) is 69.3 cm³/mol. The normalized spacial score (nSPS) is 13.1. The van der Waals surface area contributed by atoms with Gasteiger partial charge in [0, 0.05) is 20.0 Å². The molecule has 0 aliphatic carbocycles. The van der Waals surface area contributed by atoms with Crippen molar-refractivity contribution in [3.05, 3.63) is 11.5 Å². The summed E-state index contributed by atoms with van der Waals surface area (Å²) in [6.45, 7) is 4.22. The zero-order valence-corrected chi connectivity index (χ0v) is 11.4. The highest BCUT2D eigenvalue weighted by atomic mass is 35.5. The molecule has 2 aromatic rings. The van der Waals surface area contributed by atoms with Crippen LogP contribution in [0.1, 0.15) is 30.2 Å². The number of nitrogens with two attached hydrogens (primary N) is 1. The first-order valence-electron chi connectivity index (χ1n) is 5.74. The quantitative estimate of drug-likeness (QED) is 0.849. The average Bonchev–Trinajstić information content (AvgIpc) is 2.76. The molecule has 0 aliphatic rings. The molecule has 0 aromatic carbocycles. The van der Waals surface area contributed by atoms with Crippen molar-refractivity contribution >= 4 is 28.7 Å². The Kier molecular flexibility index (Phi) is 3.30. The number of primary amides is 1. The van der Waals surface area contributed by atoms with E-state index in [0.717, 1.165) is 22.7 Å². The first-order valence-corrected chi connectivity index (χ1v) is 6.17. The summed E-state index contributed by atoms with van der Waals surface area (Å²) in [5.41, 5.74) is 7.74. The number of nitrogens with zero attached hydrogens (tertiary/aromatic N) is 4. The smallest absolute Gasteiger partial charge is 0.219 e. The maximum Gasteiger partial charge on any atom is 0.219 e. The Balaban J connectivity index is 2.57. The van der Waals surface area contributed by atoms with Crippen LogP contribution in [-0.4, -0.2) is 25.2 Å². The van der Waals surface area contributed by atoms with E-state index in [1.54, 1.807) is 4.68 Å². The molecule has 0 saturated carbocycles. The summed E-state index contributed by atoms with van der Waals surface area (Å²) >= 11 is 6.13. The number of rotatable bonds is 4. The minimum absolute atomic E-state index is 0.232. The van der Waals surface area contributed by atoms with Crippen molar-refractivity contribution in [2.75, 3.05) is 0 Å². The van der Waals surface area contributed by atoms with Crippen LogP contribution in [0.3, 0.4) is 0 Å². The molecule has 0 radical (unpaired) electrons. The number of amides is 1. The largest absolute Gasteiger partial charge is 0.370 e. The van der Waals surface area contributed by atoms with Gasteiger partial charge < -0.3 is 10.3 Å². The van der Waals surface area contributed by atoms with Gasteiger partial charge in [0.05, 0.1) is 11.1 Å². The van der Waals surface area contributed by atoms with Crippen molar-refractivity contribution in [3.63, 3.8) is 0 Å². The van der Waals surface area contributed by atoms with Crippen molar-refractivity contribution in [1.29, 1.82) is 0 Å². The van der Waals surface area contributed by atoms with Crippen LogP contribution in [0.15, 0.2) is 0 Å². The number of carbonyl (C=O) groups is 1. The average molecular weight is 270 g/mol. The second-order valence-electron chi connectivity index (χ2n) is 4.34. The Morgan fingerprint density at radius 1 is 1.56 bits per heavy atom. The zero-order chi connectivity index (χ0) is 13.4. The lowest BCUT2D eigenvalue weighted by atomic mass is 10.3. The first kappa shape index (κ1) is 12.9. The number of fused-ring (bicyclic) bond motifs is 1. The van der Waals surface area contributed by atoms with Crippen LogP contribution >= 0.6 is 11.6 Å². The highest BCUT2D eigenvalue weighted by molar-refractivity contribution is 6.20. The minimum Gasteiger partial charge on any atom is -0.370 e. The number of alkyl halides is 1. The lowest BCUT2D eigenvalue weighted by molar-refractivity contribution is -0.118. The Bertz CT molecular complexity index is 598. The Morgan fingerprint density at radius 2 is 2.22 bits per heavy atom. The molecule has 0 spiro atoms. The second-order valence-corrected chi connectivity index (χ2v) is 4.99. The summed E-state index contributed by atoms with van der Waals surface area (Å²) in [5.74, 6) is 0.396. The van der Waals surface area contributed by atoms with E-state index in [0.29, 0.717) is 6.54 Å². The summed E-state index contributed by atoms with van der Waals surface area (Å²) < 4.78 is 3.67. The van der Waals surface area contributed by atoms with Gasteiger partial charge in [-0.2, -0.15) is 5.10 Å². The maximum absolute atomic E-state index is 10.9. The zero-order valence-electron chi connectivity index (χ0n) is 10.6. The third-order valence-electron chi connectivity index (χ3n) is 2.86. The maximum atomic E-state index is 10.9. The molecule has 7 heteroatoms. The lowest BCUT2D eigenvalue weighted by Gasteiger charge is -2.09. The Morgan fingerprint density at radius 3 is 2.78 bits per heavy atom. The molecule has 0 fully saturated rings. The molecule has 2 aromatic heterocycles. The SMILES string of the molecule is Cc1nn(C)c2c1nc(C(C)Cl)n2CCC(N)=O. The molecule has 0 aliphatic heterocycles. The fraction of sp³-hybridized carbons (Fsp3) is 0.545. The molecule has 1 amide bonds. The van der Waals surface area contributed by atoms with Gasteiger partial charge >= 0.3 is 0 Å². The predicted octanol–water partition coefficient (Wildman–Crippen LogP) is 1.25. The molecule has 18 heavy (non-hydrogen) atoms. The van der Waals surface area contributed by atoms with E-state index in [9.17, 15) is 4.79 Å². The van der Waals surface area contributed by atoms with Crippen molar-refractivity contribution < 1.29 is 4.79 Å². The van der Waals surface area contributed by atoms with Crippen LogP contribution in [0, 0.1) is 6.92 Å². The highest BCUT2D eigenvalue weighted by Crippen LogP contribution is 2.26. The van der Waals surface area contributed by atoms with Gasteiger partial charge in [-0.3, -0.25) is 9.48 Å². The molecule has 2 N–H and O–H groups in total. The van der Waals surface area contributed by atoms with Gasteiger partial charge in [-0.15, -0.1) is 11.6 Å². The molecule has 98 valence electrons. The molecule has 0 saturated heterocycles. The van der Waals surface area contributed by atoms with Crippen molar-refractivity contribution in [3.8, 4) is 0 Å². The minimum atomic E-state index is -0.344. The molecule has 2 rings (SSSR count). The van der Waals surface area contributed by atoms with Crippen molar-refractivity contribution in [2.24, 2.45) is 12.8 Å². The van der Waals surface area contributed by atoms with Crippen LogP contribution in [-0.2, 0) is 18.4 Å². The van der Waals surface area contributed by atoms with Gasteiger partial charge in [0.1, 0.15) is 11.3 Å². The van der Waals surface area contributed by atoms with E-state index < -0.39 is 0 Å². The van der Waals surface area contributed by atoms with E-state index >= 15 is 0 Å². The topological polar surface area (TPSA) is 78.7 Å². The van der Waals surface area contributed by atoms with Gasteiger partial charge in [-0.05, 0) is 13.8 Å². The third-order valence-corrected chi connectivity index (χ3v) is 3.05. The van der Waals surface area contributed by atoms with Gasteiger partial charge in [-0.1, -0.05) is 0 Å². The summed E-state index contributed by atoms with van der Waals surface area (Å²) in [7, 11) is 1.85. The molecule has 1 unspecified atom stereocenters. The van der Waals surface area contributed by atoms with Crippen LogP contribution in [0.5, 0.6) is 0 Å². The summed E-state index contributed by atoms with van der Waals surface area (Å²) in [6, 6.07) is 0. The number of hydrogen-bond donors (Lipinski definition) is 1. The molecular formula is C11H16ClN5O. The fourth-order valence-electron chi connectivity index (χ4n) is 2.10. The van der Waals surface area contributed by atoms with Crippen LogP contribution in [0.2, 0.25) is 0 Å². The monoisotopic (exact) mass is 269 g/mol. The number of hydrogen-bond acceptors (Lipinski definition) is 3. The summed E-state index contributed by atoms with van der Waals surface area (Å²) in [5, 5.41) is 4.08.